The van der Waals surface area contributed by atoms with Gasteiger partial charge in [-0.15, -0.1) is 0 Å². The van der Waals surface area contributed by atoms with Gasteiger partial charge >= 0.3 is 0 Å². The third-order valence-electron chi connectivity index (χ3n) is 2.27. The van der Waals surface area contributed by atoms with E-state index in [9.17, 15) is 5.11 Å². The highest BCUT2D eigenvalue weighted by atomic mass is 35.5. The lowest BCUT2D eigenvalue weighted by molar-refractivity contribution is 0.106. The van der Waals surface area contributed by atoms with Crippen molar-refractivity contribution in [2.45, 2.75) is 20.0 Å². The van der Waals surface area contributed by atoms with E-state index in [4.69, 9.17) is 27.9 Å². The van der Waals surface area contributed by atoms with Crippen molar-refractivity contribution in [1.82, 2.24) is 5.32 Å². The quantitative estimate of drug-likeness (QED) is 0.812. The molecule has 2 N–H and O–H groups in total. The molecule has 102 valence electrons. The van der Waals surface area contributed by atoms with E-state index in [2.05, 4.69) is 19.2 Å². The third kappa shape index (κ3) is 5.44. The van der Waals surface area contributed by atoms with Crippen LogP contribution in [0.2, 0.25) is 10.0 Å². The first kappa shape index (κ1) is 15.6. The minimum atomic E-state index is -0.587. The molecule has 0 aliphatic rings. The van der Waals surface area contributed by atoms with Gasteiger partial charge in [0.05, 0.1) is 10.0 Å². The van der Waals surface area contributed by atoms with Gasteiger partial charge in [-0.25, -0.2) is 0 Å². The predicted octanol–water partition coefficient (Wildman–Crippen LogP) is 2.98. The number of halogens is 2. The highest BCUT2D eigenvalue weighted by molar-refractivity contribution is 6.37. The molecule has 0 spiro atoms. The molecular weight excluding hydrogens is 273 g/mol. The Morgan fingerprint density at radius 2 is 1.83 bits per heavy atom. The van der Waals surface area contributed by atoms with Crippen LogP contribution in [0.5, 0.6) is 5.75 Å². The normalized spacial score (nSPS) is 12.8. The molecule has 0 amide bonds. The third-order valence-corrected chi connectivity index (χ3v) is 2.87. The summed E-state index contributed by atoms with van der Waals surface area (Å²) in [4.78, 5) is 0. The number of ether oxygens (including phenoxy) is 1. The summed E-state index contributed by atoms with van der Waals surface area (Å²) in [5.41, 5.74) is 0. The van der Waals surface area contributed by atoms with Gasteiger partial charge in [0.15, 0.2) is 5.75 Å². The van der Waals surface area contributed by atoms with Crippen LogP contribution in [0.15, 0.2) is 18.2 Å². The monoisotopic (exact) mass is 291 g/mol. The molecule has 0 aromatic heterocycles. The number of nitrogens with one attached hydrogen (secondary N) is 1. The van der Waals surface area contributed by atoms with Gasteiger partial charge < -0.3 is 15.2 Å². The Hall–Kier alpha value is -0.480. The van der Waals surface area contributed by atoms with Crippen LogP contribution in [0.3, 0.4) is 0 Å². The van der Waals surface area contributed by atoms with Gasteiger partial charge in [-0.05, 0) is 24.6 Å². The van der Waals surface area contributed by atoms with Crippen LogP contribution in [0.25, 0.3) is 0 Å². The van der Waals surface area contributed by atoms with Crippen molar-refractivity contribution in [3.05, 3.63) is 28.2 Å². The van der Waals surface area contributed by atoms with Crippen LogP contribution in [-0.2, 0) is 0 Å². The first-order chi connectivity index (χ1) is 8.50. The molecular formula is C13H19Cl2NO2. The number of benzene rings is 1. The van der Waals surface area contributed by atoms with Gasteiger partial charge in [0.25, 0.3) is 0 Å². The van der Waals surface area contributed by atoms with Crippen molar-refractivity contribution in [3.63, 3.8) is 0 Å². The molecule has 1 atom stereocenters. The van der Waals surface area contributed by atoms with Crippen LogP contribution in [0.4, 0.5) is 0 Å². The zero-order valence-electron chi connectivity index (χ0n) is 10.6. The zero-order valence-corrected chi connectivity index (χ0v) is 12.1. The number of hydrogen-bond acceptors (Lipinski definition) is 3. The standard InChI is InChI=1S/C13H19Cl2NO2/c1-9(2)6-16-7-10(17)8-18-13-11(14)4-3-5-12(13)15/h3-5,9-10,16-17H,6-8H2,1-2H3. The van der Waals surface area contributed by atoms with Crippen molar-refractivity contribution in [3.8, 4) is 5.75 Å². The summed E-state index contributed by atoms with van der Waals surface area (Å²) < 4.78 is 5.43. The Kier molecular flexibility index (Phi) is 6.79. The van der Waals surface area contributed by atoms with Gasteiger partial charge in [0.2, 0.25) is 0 Å². The molecule has 0 heterocycles. The maximum Gasteiger partial charge on any atom is 0.156 e. The average molecular weight is 292 g/mol. The second-order valence-corrected chi connectivity index (χ2v) is 5.38. The number of rotatable bonds is 7. The lowest BCUT2D eigenvalue weighted by Gasteiger charge is -2.15. The van der Waals surface area contributed by atoms with E-state index >= 15 is 0 Å². The fraction of sp³-hybridized carbons (Fsp3) is 0.538. The molecule has 0 saturated heterocycles. The fourth-order valence-corrected chi connectivity index (χ4v) is 1.90. The summed E-state index contributed by atoms with van der Waals surface area (Å²) in [5.74, 6) is 0.972. The van der Waals surface area contributed by atoms with Gasteiger partial charge in [0.1, 0.15) is 12.7 Å². The smallest absolute Gasteiger partial charge is 0.156 e. The summed E-state index contributed by atoms with van der Waals surface area (Å²) in [7, 11) is 0. The largest absolute Gasteiger partial charge is 0.488 e. The van der Waals surface area contributed by atoms with E-state index < -0.39 is 6.10 Å². The molecule has 1 aromatic rings. The van der Waals surface area contributed by atoms with Crippen LogP contribution in [-0.4, -0.2) is 30.9 Å². The number of aliphatic hydroxyl groups excluding tert-OH is 1. The Balaban J connectivity index is 2.36. The Bertz CT molecular complexity index is 352. The SMILES string of the molecule is CC(C)CNCC(O)COc1c(Cl)cccc1Cl. The molecule has 0 aliphatic carbocycles. The van der Waals surface area contributed by atoms with Crippen molar-refractivity contribution >= 4 is 23.2 Å². The minimum Gasteiger partial charge on any atom is -0.488 e. The molecule has 0 saturated carbocycles. The molecule has 1 rings (SSSR count). The Morgan fingerprint density at radius 3 is 2.39 bits per heavy atom. The summed E-state index contributed by atoms with van der Waals surface area (Å²) in [6.45, 7) is 5.73. The molecule has 0 aliphatic heterocycles. The minimum absolute atomic E-state index is 0.161. The highest BCUT2D eigenvalue weighted by Gasteiger charge is 2.10. The second kappa shape index (κ2) is 7.85. The fourth-order valence-electron chi connectivity index (χ4n) is 1.40. The number of hydrogen-bond donors (Lipinski definition) is 2. The lowest BCUT2D eigenvalue weighted by Crippen LogP contribution is -2.33. The molecule has 1 unspecified atom stereocenters. The van der Waals surface area contributed by atoms with Crippen molar-refractivity contribution in [1.29, 1.82) is 0 Å². The van der Waals surface area contributed by atoms with Crippen LogP contribution in [0, 0.1) is 5.92 Å². The van der Waals surface area contributed by atoms with Crippen molar-refractivity contribution in [2.24, 2.45) is 5.92 Å². The average Bonchev–Trinajstić information content (AvgIpc) is 2.27. The topological polar surface area (TPSA) is 41.5 Å². The first-order valence-corrected chi connectivity index (χ1v) is 6.72. The molecule has 3 nitrogen and oxygen atoms in total. The summed E-state index contributed by atoms with van der Waals surface area (Å²) in [6, 6.07) is 5.15. The maximum absolute atomic E-state index is 9.73. The van der Waals surface area contributed by atoms with Crippen molar-refractivity contribution in [2.75, 3.05) is 19.7 Å². The highest BCUT2D eigenvalue weighted by Crippen LogP contribution is 2.32. The van der Waals surface area contributed by atoms with Gasteiger partial charge in [-0.3, -0.25) is 0 Å². The summed E-state index contributed by atoms with van der Waals surface area (Å²) in [5, 5.41) is 13.8. The van der Waals surface area contributed by atoms with E-state index in [1.54, 1.807) is 18.2 Å². The van der Waals surface area contributed by atoms with Crippen LogP contribution >= 0.6 is 23.2 Å². The Labute approximate surface area is 118 Å². The molecule has 5 heteroatoms. The van der Waals surface area contributed by atoms with E-state index in [1.165, 1.54) is 0 Å². The van der Waals surface area contributed by atoms with Crippen LogP contribution < -0.4 is 10.1 Å². The van der Waals surface area contributed by atoms with E-state index in [1.807, 2.05) is 0 Å². The number of para-hydroxylation sites is 1. The molecule has 0 radical (unpaired) electrons. The molecule has 0 fully saturated rings. The Morgan fingerprint density at radius 1 is 1.22 bits per heavy atom. The van der Waals surface area contributed by atoms with E-state index in [0.717, 1.165) is 6.54 Å². The van der Waals surface area contributed by atoms with Crippen molar-refractivity contribution < 1.29 is 9.84 Å². The molecule has 1 aromatic carbocycles. The number of aliphatic hydroxyl groups is 1. The van der Waals surface area contributed by atoms with Gasteiger partial charge in [0, 0.05) is 6.54 Å². The summed E-state index contributed by atoms with van der Waals surface area (Å²) >= 11 is 11.9. The zero-order chi connectivity index (χ0) is 13.5. The van der Waals surface area contributed by atoms with E-state index in [-0.39, 0.29) is 6.61 Å². The second-order valence-electron chi connectivity index (χ2n) is 4.57. The van der Waals surface area contributed by atoms with Gasteiger partial charge in [-0.2, -0.15) is 0 Å². The van der Waals surface area contributed by atoms with Gasteiger partial charge in [-0.1, -0.05) is 43.1 Å². The van der Waals surface area contributed by atoms with Crippen LogP contribution in [0.1, 0.15) is 13.8 Å². The lowest BCUT2D eigenvalue weighted by atomic mass is 10.2. The molecule has 0 bridgehead atoms. The maximum atomic E-state index is 9.73. The van der Waals surface area contributed by atoms with E-state index in [0.29, 0.717) is 28.3 Å². The predicted molar refractivity (Wildman–Crippen MR) is 75.7 cm³/mol. The first-order valence-electron chi connectivity index (χ1n) is 5.96. The molecule has 18 heavy (non-hydrogen) atoms. The summed E-state index contributed by atoms with van der Waals surface area (Å²) in [6.07, 6.45) is -0.587.